The number of nitrogens with one attached hydrogen (secondary N) is 1. The van der Waals surface area contributed by atoms with Crippen molar-refractivity contribution < 1.29 is 24.5 Å². The van der Waals surface area contributed by atoms with Crippen LogP contribution in [0.2, 0.25) is 0 Å². The van der Waals surface area contributed by atoms with E-state index in [1.165, 1.54) is 6.08 Å². The zero-order chi connectivity index (χ0) is 13.6. The van der Waals surface area contributed by atoms with Crippen LogP contribution in [0.4, 0.5) is 0 Å². The molecule has 19 heavy (non-hydrogen) atoms. The summed E-state index contributed by atoms with van der Waals surface area (Å²) in [6.07, 6.45) is 3.58. The minimum Gasteiger partial charge on any atom is -0.507 e. The van der Waals surface area contributed by atoms with Gasteiger partial charge in [-0.05, 0) is 18.9 Å². The minimum atomic E-state index is -1.01. The Balaban J connectivity index is 1.75. The van der Waals surface area contributed by atoms with Crippen LogP contribution in [0.5, 0.6) is 0 Å². The maximum absolute atomic E-state index is 12.0. The Hall–Kier alpha value is -1.92. The van der Waals surface area contributed by atoms with Gasteiger partial charge < -0.3 is 20.3 Å². The van der Waals surface area contributed by atoms with Crippen LogP contribution in [-0.2, 0) is 14.3 Å². The van der Waals surface area contributed by atoms with Gasteiger partial charge in [-0.3, -0.25) is 9.59 Å². The molecule has 0 bridgehead atoms. The number of allylic oxidation sites excluding steroid dienone is 2. The van der Waals surface area contributed by atoms with E-state index in [9.17, 15) is 19.8 Å². The number of hydrogen-bond acceptors (Lipinski definition) is 5. The lowest BCUT2D eigenvalue weighted by Gasteiger charge is -2.18. The Bertz CT molecular complexity index is 545. The Labute approximate surface area is 109 Å². The molecule has 3 rings (SSSR count). The first-order chi connectivity index (χ1) is 9.08. The van der Waals surface area contributed by atoms with Crippen molar-refractivity contribution in [3.05, 3.63) is 35.3 Å². The van der Waals surface area contributed by atoms with Gasteiger partial charge >= 0.3 is 0 Å². The van der Waals surface area contributed by atoms with Crippen molar-refractivity contribution in [2.75, 3.05) is 0 Å². The highest BCUT2D eigenvalue weighted by molar-refractivity contribution is 6.01. The second-order valence-corrected chi connectivity index (χ2v) is 4.71. The average molecular weight is 263 g/mol. The number of amides is 1. The van der Waals surface area contributed by atoms with E-state index in [1.54, 1.807) is 12.2 Å². The van der Waals surface area contributed by atoms with Gasteiger partial charge in [-0.1, -0.05) is 6.08 Å². The second kappa shape index (κ2) is 4.32. The molecule has 3 N–H and O–H groups in total. The zero-order valence-electron chi connectivity index (χ0n) is 10.00. The first kappa shape index (κ1) is 12.1. The van der Waals surface area contributed by atoms with E-state index in [-0.39, 0.29) is 22.8 Å². The molecule has 0 radical (unpaired) electrons. The lowest BCUT2D eigenvalue weighted by molar-refractivity contribution is -0.117. The van der Waals surface area contributed by atoms with Gasteiger partial charge in [-0.2, -0.15) is 0 Å². The predicted molar refractivity (Wildman–Crippen MR) is 63.9 cm³/mol. The monoisotopic (exact) mass is 263 g/mol. The molecular weight excluding hydrogens is 250 g/mol. The van der Waals surface area contributed by atoms with Gasteiger partial charge in [0.25, 0.3) is 5.91 Å². The number of fused-ring (bicyclic) bond motifs is 1. The van der Waals surface area contributed by atoms with E-state index in [0.717, 1.165) is 0 Å². The van der Waals surface area contributed by atoms with Crippen molar-refractivity contribution in [2.24, 2.45) is 0 Å². The smallest absolute Gasteiger partial charge is 0.258 e. The normalized spacial score (nSPS) is 32.8. The molecule has 0 aromatic carbocycles. The number of carbonyl (C=O) groups excluding carboxylic acids is 2. The van der Waals surface area contributed by atoms with Gasteiger partial charge in [0.15, 0.2) is 5.78 Å². The molecule has 3 atom stereocenters. The van der Waals surface area contributed by atoms with Crippen LogP contribution in [0.15, 0.2) is 35.3 Å². The summed E-state index contributed by atoms with van der Waals surface area (Å²) < 4.78 is 5.00. The summed E-state index contributed by atoms with van der Waals surface area (Å²) in [6.45, 7) is 0. The molecule has 6 heteroatoms. The van der Waals surface area contributed by atoms with Crippen molar-refractivity contribution in [1.29, 1.82) is 0 Å². The average Bonchev–Trinajstić information content (AvgIpc) is 3.17. The topological polar surface area (TPSA) is 99.2 Å². The fourth-order valence-electron chi connectivity index (χ4n) is 2.27. The molecule has 0 spiro atoms. The number of aliphatic hydroxyl groups is 2. The van der Waals surface area contributed by atoms with Gasteiger partial charge in [0.05, 0.1) is 11.3 Å². The summed E-state index contributed by atoms with van der Waals surface area (Å²) in [5.41, 5.74) is 0.277. The van der Waals surface area contributed by atoms with E-state index in [1.807, 2.05) is 0 Å². The highest BCUT2D eigenvalue weighted by Gasteiger charge is 2.53. The zero-order valence-corrected chi connectivity index (χ0v) is 10.00. The molecular formula is C13H13NO5. The Morgan fingerprint density at radius 3 is 2.84 bits per heavy atom. The summed E-state index contributed by atoms with van der Waals surface area (Å²) >= 11 is 0. The van der Waals surface area contributed by atoms with E-state index in [0.29, 0.717) is 12.8 Å². The number of ether oxygens (including phenoxy) is 1. The third-order valence-electron chi connectivity index (χ3n) is 3.36. The molecule has 0 aromatic heterocycles. The van der Waals surface area contributed by atoms with Crippen LogP contribution in [0.3, 0.4) is 0 Å². The van der Waals surface area contributed by atoms with Crippen molar-refractivity contribution in [3.63, 3.8) is 0 Å². The Morgan fingerprint density at radius 2 is 2.11 bits per heavy atom. The highest BCUT2D eigenvalue weighted by atomic mass is 16.6. The number of ketones is 1. The van der Waals surface area contributed by atoms with Crippen LogP contribution in [0, 0.1) is 0 Å². The van der Waals surface area contributed by atoms with Crippen LogP contribution >= 0.6 is 0 Å². The van der Waals surface area contributed by atoms with Gasteiger partial charge in [-0.15, -0.1) is 0 Å². The largest absolute Gasteiger partial charge is 0.507 e. The summed E-state index contributed by atoms with van der Waals surface area (Å²) in [5.74, 6) is -0.879. The summed E-state index contributed by atoms with van der Waals surface area (Å²) in [7, 11) is 0. The van der Waals surface area contributed by atoms with Gasteiger partial charge in [0.2, 0.25) is 0 Å². The molecule has 100 valence electrons. The highest BCUT2D eigenvalue weighted by Crippen LogP contribution is 2.33. The van der Waals surface area contributed by atoms with Crippen LogP contribution < -0.4 is 5.32 Å². The first-order valence-corrected chi connectivity index (χ1v) is 6.08. The number of carbonyl (C=O) groups is 2. The lowest BCUT2D eigenvalue weighted by Crippen LogP contribution is -2.38. The number of aliphatic hydroxyl groups excluding tert-OH is 2. The molecule has 1 fully saturated rings. The number of rotatable bonds is 2. The van der Waals surface area contributed by atoms with Crippen molar-refractivity contribution in [1.82, 2.24) is 5.32 Å². The van der Waals surface area contributed by atoms with E-state index in [2.05, 4.69) is 5.32 Å². The molecule has 0 saturated carbocycles. The van der Waals surface area contributed by atoms with Crippen molar-refractivity contribution >= 4 is 11.7 Å². The van der Waals surface area contributed by atoms with Gasteiger partial charge in [0.1, 0.15) is 24.1 Å². The fraction of sp³-hybridized carbons (Fsp3) is 0.385. The van der Waals surface area contributed by atoms with Crippen LogP contribution in [0.25, 0.3) is 0 Å². The fourth-order valence-corrected chi connectivity index (χ4v) is 2.27. The molecule has 1 aliphatic heterocycles. The molecule has 1 saturated heterocycles. The summed E-state index contributed by atoms with van der Waals surface area (Å²) in [6, 6.07) is 0. The number of hydrogen-bond donors (Lipinski definition) is 3. The van der Waals surface area contributed by atoms with E-state index < -0.39 is 24.2 Å². The second-order valence-electron chi connectivity index (χ2n) is 4.71. The summed E-state index contributed by atoms with van der Waals surface area (Å²) in [4.78, 5) is 23.4. The first-order valence-electron chi connectivity index (χ1n) is 6.08. The van der Waals surface area contributed by atoms with Gasteiger partial charge in [0, 0.05) is 6.08 Å². The van der Waals surface area contributed by atoms with E-state index in [4.69, 9.17) is 4.74 Å². The van der Waals surface area contributed by atoms with Gasteiger partial charge in [-0.25, -0.2) is 0 Å². The Kier molecular flexibility index (Phi) is 2.76. The molecule has 6 nitrogen and oxygen atoms in total. The van der Waals surface area contributed by atoms with Crippen molar-refractivity contribution in [3.8, 4) is 0 Å². The third-order valence-corrected chi connectivity index (χ3v) is 3.36. The SMILES string of the molecule is O=C(NC1=CC(=O)C2OC2C1O)C1=CCCC=C1O. The minimum absolute atomic E-state index is 0.0819. The van der Waals surface area contributed by atoms with Crippen molar-refractivity contribution in [2.45, 2.75) is 31.2 Å². The quantitative estimate of drug-likeness (QED) is 0.602. The van der Waals surface area contributed by atoms with Crippen LogP contribution in [0.1, 0.15) is 12.8 Å². The standard InChI is InChI=1S/C13H13NO5/c15-8-4-2-1-3-6(8)13(18)14-7-5-9(16)11-12(19-11)10(7)17/h3-5,10-12,15,17H,1-2H2,(H,14,18). The molecule has 3 unspecified atom stereocenters. The molecule has 1 amide bonds. The van der Waals surface area contributed by atoms with E-state index >= 15 is 0 Å². The van der Waals surface area contributed by atoms with Crippen LogP contribution in [-0.4, -0.2) is 40.2 Å². The molecule has 3 aliphatic rings. The number of epoxide rings is 1. The maximum atomic E-state index is 12.0. The predicted octanol–water partition coefficient (Wildman–Crippen LogP) is -0.140. The lowest BCUT2D eigenvalue weighted by atomic mass is 9.99. The third kappa shape index (κ3) is 2.09. The maximum Gasteiger partial charge on any atom is 0.258 e. The molecule has 2 aliphatic carbocycles. The Morgan fingerprint density at radius 1 is 1.37 bits per heavy atom. The summed E-state index contributed by atoms with van der Waals surface area (Å²) in [5, 5.41) is 21.9. The molecule has 0 aromatic rings. The molecule has 1 heterocycles.